The summed E-state index contributed by atoms with van der Waals surface area (Å²) in [5.74, 6) is -0.799. The highest BCUT2D eigenvalue weighted by molar-refractivity contribution is 7.92. The zero-order chi connectivity index (χ0) is 25.5. The van der Waals surface area contributed by atoms with Crippen molar-refractivity contribution in [2.45, 2.75) is 37.6 Å². The molecule has 0 fully saturated rings. The summed E-state index contributed by atoms with van der Waals surface area (Å²) < 4.78 is 33.8. The average Bonchev–Trinajstić information content (AvgIpc) is 3.06. The Morgan fingerprint density at radius 1 is 1.00 bits per heavy atom. The number of hydrogen-bond donors (Lipinski definition) is 1. The molecule has 0 radical (unpaired) electrons. The van der Waals surface area contributed by atoms with E-state index in [0.717, 1.165) is 10.5 Å². The first kappa shape index (κ1) is 24.7. The molecule has 35 heavy (non-hydrogen) atoms. The van der Waals surface area contributed by atoms with E-state index in [1.165, 1.54) is 43.8 Å². The highest BCUT2D eigenvalue weighted by Crippen LogP contribution is 2.36. The van der Waals surface area contributed by atoms with Gasteiger partial charge in [-0.25, -0.2) is 8.42 Å². The van der Waals surface area contributed by atoms with Gasteiger partial charge in [-0.1, -0.05) is 44.5 Å². The molecule has 182 valence electrons. The van der Waals surface area contributed by atoms with Crippen LogP contribution in [0.5, 0.6) is 5.75 Å². The fourth-order valence-corrected chi connectivity index (χ4v) is 5.09. The summed E-state index contributed by atoms with van der Waals surface area (Å²) in [7, 11) is -2.55. The van der Waals surface area contributed by atoms with Gasteiger partial charge < -0.3 is 4.74 Å². The summed E-state index contributed by atoms with van der Waals surface area (Å²) >= 11 is 6.26. The molecular weight excluding hydrogens is 490 g/mol. The second-order valence-corrected chi connectivity index (χ2v) is 11.2. The molecule has 10 heteroatoms. The number of hydrogen-bond acceptors (Lipinski definition) is 6. The number of halogens is 1. The van der Waals surface area contributed by atoms with E-state index < -0.39 is 21.8 Å². The quantitative estimate of drug-likeness (QED) is 0.481. The maximum Gasteiger partial charge on any atom is 0.264 e. The molecule has 0 aliphatic carbocycles. The van der Waals surface area contributed by atoms with Crippen molar-refractivity contribution in [1.29, 1.82) is 0 Å². The number of carbonyl (C=O) groups is 2. The minimum Gasteiger partial charge on any atom is -0.495 e. The van der Waals surface area contributed by atoms with E-state index >= 15 is 0 Å². The predicted molar refractivity (Wildman–Crippen MR) is 132 cm³/mol. The molecule has 3 aromatic rings. The van der Waals surface area contributed by atoms with Gasteiger partial charge in [-0.15, -0.1) is 0 Å². The topological polar surface area (TPSA) is 106 Å². The third kappa shape index (κ3) is 4.74. The number of nitrogens with zero attached hydrogens (tertiary/aromatic N) is 2. The fraction of sp³-hybridized carbons (Fsp3) is 0.240. The average molecular weight is 514 g/mol. The molecule has 2 amide bonds. The molecule has 1 aromatic heterocycles. The number of pyridine rings is 1. The lowest BCUT2D eigenvalue weighted by Gasteiger charge is -2.19. The number of carbonyl (C=O) groups excluding carboxylic acids is 2. The number of benzene rings is 2. The van der Waals surface area contributed by atoms with Crippen LogP contribution in [0.3, 0.4) is 0 Å². The van der Waals surface area contributed by atoms with Gasteiger partial charge in [0, 0.05) is 6.20 Å². The minimum absolute atomic E-state index is 0.0195. The van der Waals surface area contributed by atoms with Crippen LogP contribution in [0.2, 0.25) is 5.02 Å². The van der Waals surface area contributed by atoms with Crippen molar-refractivity contribution in [2.75, 3.05) is 11.8 Å². The Morgan fingerprint density at radius 3 is 2.29 bits per heavy atom. The van der Waals surface area contributed by atoms with E-state index in [-0.39, 0.29) is 38.7 Å². The molecule has 0 saturated carbocycles. The number of aromatic nitrogens is 1. The number of fused-ring (bicyclic) bond motifs is 1. The van der Waals surface area contributed by atoms with Crippen molar-refractivity contribution in [2.24, 2.45) is 0 Å². The van der Waals surface area contributed by atoms with Gasteiger partial charge >= 0.3 is 0 Å². The van der Waals surface area contributed by atoms with E-state index in [0.29, 0.717) is 11.3 Å². The van der Waals surface area contributed by atoms with E-state index in [4.69, 9.17) is 16.3 Å². The van der Waals surface area contributed by atoms with E-state index in [9.17, 15) is 18.0 Å². The lowest BCUT2D eigenvalue weighted by Crippen LogP contribution is -2.29. The van der Waals surface area contributed by atoms with Crippen molar-refractivity contribution in [1.82, 2.24) is 9.88 Å². The minimum atomic E-state index is -4.04. The third-order valence-corrected chi connectivity index (χ3v) is 7.39. The maximum absolute atomic E-state index is 13.3. The molecule has 4 rings (SSSR count). The number of rotatable bonds is 6. The van der Waals surface area contributed by atoms with Crippen molar-refractivity contribution >= 4 is 39.1 Å². The van der Waals surface area contributed by atoms with Gasteiger partial charge in [0.2, 0.25) is 0 Å². The Hall–Kier alpha value is -3.43. The monoisotopic (exact) mass is 513 g/mol. The first-order valence-corrected chi connectivity index (χ1v) is 12.6. The summed E-state index contributed by atoms with van der Waals surface area (Å²) in [6.07, 6.45) is 3.02. The summed E-state index contributed by atoms with van der Waals surface area (Å²) in [6, 6.07) is 10.9. The Labute approximate surface area is 208 Å². The molecule has 0 bridgehead atoms. The summed E-state index contributed by atoms with van der Waals surface area (Å²) in [5, 5.41) is 0.0575. The third-order valence-electron chi connectivity index (χ3n) is 5.69. The van der Waals surface area contributed by atoms with Gasteiger partial charge in [0.15, 0.2) is 0 Å². The number of anilines is 1. The predicted octanol–water partition coefficient (Wildman–Crippen LogP) is 4.64. The number of sulfonamides is 1. The molecule has 0 atom stereocenters. The van der Waals surface area contributed by atoms with E-state index in [1.54, 1.807) is 18.2 Å². The van der Waals surface area contributed by atoms with Crippen LogP contribution in [-0.2, 0) is 22.0 Å². The lowest BCUT2D eigenvalue weighted by atomic mass is 9.87. The van der Waals surface area contributed by atoms with Gasteiger partial charge in [0.05, 0.1) is 46.6 Å². The smallest absolute Gasteiger partial charge is 0.264 e. The van der Waals surface area contributed by atoms with Crippen LogP contribution in [-0.4, -0.2) is 37.2 Å². The Morgan fingerprint density at radius 2 is 1.66 bits per heavy atom. The van der Waals surface area contributed by atoms with E-state index in [2.05, 4.69) is 9.71 Å². The highest BCUT2D eigenvalue weighted by Gasteiger charge is 2.40. The number of amides is 2. The van der Waals surface area contributed by atoms with Crippen molar-refractivity contribution in [3.8, 4) is 5.75 Å². The number of imide groups is 1. The first-order valence-electron chi connectivity index (χ1n) is 10.7. The Balaban J connectivity index is 1.67. The standard InChI is InChI=1S/C25H24ClN3O5S/c1-25(2,3)16-5-7-18(8-6-16)35(32,33)28-20-10-9-19(26)21-22(20)24(31)29(23(21)30)14-15-11-17(34-4)13-27-12-15/h5-13,28H,14H2,1-4H3. The molecule has 8 nitrogen and oxygen atoms in total. The number of nitrogens with one attached hydrogen (secondary N) is 1. The van der Waals surface area contributed by atoms with Gasteiger partial charge in [-0.05, 0) is 46.9 Å². The van der Waals surface area contributed by atoms with Gasteiger partial charge in [0.1, 0.15) is 5.75 Å². The molecule has 0 spiro atoms. The SMILES string of the molecule is COc1cncc(CN2C(=O)c3c(Cl)ccc(NS(=O)(=O)c4ccc(C(C)(C)C)cc4)c3C2=O)c1. The van der Waals surface area contributed by atoms with E-state index in [1.807, 2.05) is 20.8 Å². The molecule has 1 aliphatic heterocycles. The first-order chi connectivity index (χ1) is 16.4. The molecule has 0 saturated heterocycles. The van der Waals surface area contributed by atoms with Crippen LogP contribution in [0.4, 0.5) is 5.69 Å². The van der Waals surface area contributed by atoms with Crippen LogP contribution in [0.1, 0.15) is 52.6 Å². The Bertz CT molecular complexity index is 1430. The maximum atomic E-state index is 13.3. The highest BCUT2D eigenvalue weighted by atomic mass is 35.5. The molecular formula is C25H24ClN3O5S. The van der Waals surface area contributed by atoms with Gasteiger partial charge in [-0.3, -0.25) is 24.2 Å². The van der Waals surface area contributed by atoms with Crippen molar-refractivity contribution in [3.05, 3.63) is 82.1 Å². The van der Waals surface area contributed by atoms with Crippen molar-refractivity contribution in [3.63, 3.8) is 0 Å². The summed E-state index contributed by atoms with van der Waals surface area (Å²) in [4.78, 5) is 31.5. The molecule has 2 heterocycles. The van der Waals surface area contributed by atoms with Crippen LogP contribution < -0.4 is 9.46 Å². The number of ether oxygens (including phenoxy) is 1. The van der Waals surface area contributed by atoms with Gasteiger partial charge in [0.25, 0.3) is 21.8 Å². The molecule has 2 aromatic carbocycles. The fourth-order valence-electron chi connectivity index (χ4n) is 3.78. The second-order valence-electron chi connectivity index (χ2n) is 9.15. The number of methoxy groups -OCH3 is 1. The zero-order valence-electron chi connectivity index (χ0n) is 19.6. The molecule has 1 aliphatic rings. The molecule has 0 unspecified atom stereocenters. The van der Waals surface area contributed by atoms with Crippen molar-refractivity contribution < 1.29 is 22.7 Å². The molecule has 1 N–H and O–H groups in total. The second kappa shape index (κ2) is 8.98. The zero-order valence-corrected chi connectivity index (χ0v) is 21.2. The normalized spacial score (nSPS) is 13.7. The van der Waals surface area contributed by atoms with Crippen LogP contribution >= 0.6 is 11.6 Å². The Kier molecular flexibility index (Phi) is 6.33. The summed E-state index contributed by atoms with van der Waals surface area (Å²) in [6.45, 7) is 6.01. The summed E-state index contributed by atoms with van der Waals surface area (Å²) in [5.41, 5.74) is 1.25. The largest absolute Gasteiger partial charge is 0.495 e. The van der Waals surface area contributed by atoms with Crippen LogP contribution in [0.15, 0.2) is 59.8 Å². The van der Waals surface area contributed by atoms with Gasteiger partial charge in [-0.2, -0.15) is 0 Å². The lowest BCUT2D eigenvalue weighted by molar-refractivity contribution is 0.0642. The van der Waals surface area contributed by atoms with Crippen LogP contribution in [0.25, 0.3) is 0 Å². The van der Waals surface area contributed by atoms with Crippen LogP contribution in [0, 0.1) is 0 Å².